The second kappa shape index (κ2) is 12.3. The standard InChI is InChI=1S/C17H32O2/c1-5-9-10-11-12-13-14-16(15(6-2)7-3)17(18)19-8-4/h5-14H2,1-4H3. The number of carbonyl (C=O) groups excluding carboxylic acids is 1. The average molecular weight is 268 g/mol. The minimum atomic E-state index is -0.0882. The van der Waals surface area contributed by atoms with Crippen molar-refractivity contribution in [3.63, 3.8) is 0 Å². The van der Waals surface area contributed by atoms with Crippen LogP contribution in [0.3, 0.4) is 0 Å². The molecular weight excluding hydrogens is 236 g/mol. The number of rotatable bonds is 11. The molecule has 0 aliphatic carbocycles. The molecule has 0 spiro atoms. The van der Waals surface area contributed by atoms with E-state index in [1.165, 1.54) is 37.7 Å². The molecule has 0 aromatic rings. The Hall–Kier alpha value is -0.790. The Morgan fingerprint density at radius 3 is 1.95 bits per heavy atom. The first-order chi connectivity index (χ1) is 9.21. The van der Waals surface area contributed by atoms with Crippen molar-refractivity contribution < 1.29 is 9.53 Å². The number of ether oxygens (including phenoxy) is 1. The van der Waals surface area contributed by atoms with Gasteiger partial charge in [0.15, 0.2) is 0 Å². The summed E-state index contributed by atoms with van der Waals surface area (Å²) in [6.07, 6.45) is 10.4. The highest BCUT2D eigenvalue weighted by molar-refractivity contribution is 5.89. The van der Waals surface area contributed by atoms with Crippen LogP contribution in [0.2, 0.25) is 0 Å². The van der Waals surface area contributed by atoms with Gasteiger partial charge >= 0.3 is 5.97 Å². The van der Waals surface area contributed by atoms with Gasteiger partial charge in [-0.05, 0) is 32.6 Å². The summed E-state index contributed by atoms with van der Waals surface area (Å²) in [6, 6.07) is 0. The molecule has 2 heteroatoms. The fraction of sp³-hybridized carbons (Fsp3) is 0.824. The van der Waals surface area contributed by atoms with Crippen molar-refractivity contribution in [2.45, 2.75) is 85.5 Å². The number of hydrogen-bond donors (Lipinski definition) is 0. The van der Waals surface area contributed by atoms with E-state index in [1.54, 1.807) is 0 Å². The normalized spacial score (nSPS) is 10.3. The van der Waals surface area contributed by atoms with E-state index in [-0.39, 0.29) is 5.97 Å². The van der Waals surface area contributed by atoms with Gasteiger partial charge in [0.25, 0.3) is 0 Å². The molecule has 0 heterocycles. The van der Waals surface area contributed by atoms with Crippen LogP contribution in [0.4, 0.5) is 0 Å². The highest BCUT2D eigenvalue weighted by Gasteiger charge is 2.14. The van der Waals surface area contributed by atoms with Crippen LogP contribution >= 0.6 is 0 Å². The van der Waals surface area contributed by atoms with Crippen LogP contribution in [-0.2, 0) is 9.53 Å². The minimum Gasteiger partial charge on any atom is -0.463 e. The van der Waals surface area contributed by atoms with Gasteiger partial charge < -0.3 is 4.74 Å². The van der Waals surface area contributed by atoms with E-state index in [4.69, 9.17) is 4.74 Å². The smallest absolute Gasteiger partial charge is 0.333 e. The summed E-state index contributed by atoms with van der Waals surface area (Å²) in [5, 5.41) is 0. The zero-order chi connectivity index (χ0) is 14.5. The molecule has 0 aromatic heterocycles. The number of unbranched alkanes of at least 4 members (excludes halogenated alkanes) is 5. The van der Waals surface area contributed by atoms with Gasteiger partial charge in [-0.1, -0.05) is 58.4 Å². The molecule has 0 saturated heterocycles. The van der Waals surface area contributed by atoms with Gasteiger partial charge in [0.1, 0.15) is 0 Å². The quantitative estimate of drug-likeness (QED) is 0.284. The van der Waals surface area contributed by atoms with E-state index < -0.39 is 0 Å². The number of carbonyl (C=O) groups is 1. The molecule has 0 aliphatic rings. The predicted octanol–water partition coefficient (Wildman–Crippen LogP) is 5.42. The van der Waals surface area contributed by atoms with Crippen molar-refractivity contribution >= 4 is 5.97 Å². The van der Waals surface area contributed by atoms with Crippen molar-refractivity contribution in [3.05, 3.63) is 11.1 Å². The predicted molar refractivity (Wildman–Crippen MR) is 82.2 cm³/mol. The highest BCUT2D eigenvalue weighted by atomic mass is 16.5. The monoisotopic (exact) mass is 268 g/mol. The average Bonchev–Trinajstić information content (AvgIpc) is 2.41. The van der Waals surface area contributed by atoms with E-state index in [0.717, 1.165) is 31.3 Å². The maximum Gasteiger partial charge on any atom is 0.333 e. The summed E-state index contributed by atoms with van der Waals surface area (Å²) in [6.45, 7) is 8.83. The summed E-state index contributed by atoms with van der Waals surface area (Å²) in [5.41, 5.74) is 2.22. The maximum absolute atomic E-state index is 12.0. The Balaban J connectivity index is 4.28. The Labute approximate surface area is 119 Å². The van der Waals surface area contributed by atoms with Gasteiger partial charge in [-0.2, -0.15) is 0 Å². The zero-order valence-corrected chi connectivity index (χ0v) is 13.4. The first-order valence-electron chi connectivity index (χ1n) is 8.09. The number of allylic oxidation sites excluding steroid dienone is 1. The molecule has 112 valence electrons. The molecular formula is C17H32O2. The van der Waals surface area contributed by atoms with Crippen molar-refractivity contribution in [2.75, 3.05) is 6.61 Å². The summed E-state index contributed by atoms with van der Waals surface area (Å²) in [5.74, 6) is -0.0882. The molecule has 0 aliphatic heterocycles. The zero-order valence-electron chi connectivity index (χ0n) is 13.4. The summed E-state index contributed by atoms with van der Waals surface area (Å²) >= 11 is 0. The molecule has 2 nitrogen and oxygen atoms in total. The Bertz CT molecular complexity index is 260. The molecule has 0 N–H and O–H groups in total. The lowest BCUT2D eigenvalue weighted by molar-refractivity contribution is -0.138. The number of hydrogen-bond acceptors (Lipinski definition) is 2. The second-order valence-corrected chi connectivity index (χ2v) is 5.03. The van der Waals surface area contributed by atoms with E-state index >= 15 is 0 Å². The van der Waals surface area contributed by atoms with Gasteiger partial charge in [-0.25, -0.2) is 4.79 Å². The van der Waals surface area contributed by atoms with Crippen LogP contribution in [0, 0.1) is 0 Å². The van der Waals surface area contributed by atoms with Crippen LogP contribution in [0.5, 0.6) is 0 Å². The summed E-state index contributed by atoms with van der Waals surface area (Å²) < 4.78 is 5.19. The van der Waals surface area contributed by atoms with Crippen molar-refractivity contribution in [3.8, 4) is 0 Å². The van der Waals surface area contributed by atoms with E-state index in [0.29, 0.717) is 6.61 Å². The van der Waals surface area contributed by atoms with Crippen LogP contribution in [0.1, 0.15) is 85.5 Å². The molecule has 0 fully saturated rings. The van der Waals surface area contributed by atoms with E-state index in [1.807, 2.05) is 6.92 Å². The fourth-order valence-electron chi connectivity index (χ4n) is 2.40. The Morgan fingerprint density at radius 2 is 1.42 bits per heavy atom. The van der Waals surface area contributed by atoms with Gasteiger partial charge in [0.05, 0.1) is 6.61 Å². The first kappa shape index (κ1) is 18.2. The van der Waals surface area contributed by atoms with Gasteiger partial charge in [0, 0.05) is 5.57 Å². The van der Waals surface area contributed by atoms with Gasteiger partial charge in [0.2, 0.25) is 0 Å². The van der Waals surface area contributed by atoms with Crippen LogP contribution in [0.25, 0.3) is 0 Å². The molecule has 0 bridgehead atoms. The van der Waals surface area contributed by atoms with Crippen molar-refractivity contribution in [1.29, 1.82) is 0 Å². The number of esters is 1. The molecule has 0 aromatic carbocycles. The minimum absolute atomic E-state index is 0.0882. The summed E-state index contributed by atoms with van der Waals surface area (Å²) in [4.78, 5) is 12.0. The molecule has 0 saturated carbocycles. The summed E-state index contributed by atoms with van der Waals surface area (Å²) in [7, 11) is 0. The lowest BCUT2D eigenvalue weighted by Crippen LogP contribution is -2.10. The SMILES string of the molecule is CCCCCCCCC(C(=O)OCC)=C(CC)CC. The third-order valence-corrected chi connectivity index (χ3v) is 3.58. The second-order valence-electron chi connectivity index (χ2n) is 5.03. The molecule has 0 rings (SSSR count). The van der Waals surface area contributed by atoms with E-state index in [9.17, 15) is 4.79 Å². The first-order valence-corrected chi connectivity index (χ1v) is 8.09. The largest absolute Gasteiger partial charge is 0.463 e. The maximum atomic E-state index is 12.0. The van der Waals surface area contributed by atoms with Crippen LogP contribution in [-0.4, -0.2) is 12.6 Å². The molecule has 0 unspecified atom stereocenters. The fourth-order valence-corrected chi connectivity index (χ4v) is 2.40. The van der Waals surface area contributed by atoms with Gasteiger partial charge in [-0.15, -0.1) is 0 Å². The third kappa shape index (κ3) is 8.07. The highest BCUT2D eigenvalue weighted by Crippen LogP contribution is 2.21. The lowest BCUT2D eigenvalue weighted by Gasteiger charge is -2.12. The Morgan fingerprint density at radius 1 is 0.842 bits per heavy atom. The Kier molecular flexibility index (Phi) is 11.7. The van der Waals surface area contributed by atoms with E-state index in [2.05, 4.69) is 20.8 Å². The molecule has 19 heavy (non-hydrogen) atoms. The molecule has 0 radical (unpaired) electrons. The van der Waals surface area contributed by atoms with Crippen LogP contribution in [0.15, 0.2) is 11.1 Å². The van der Waals surface area contributed by atoms with Gasteiger partial charge in [-0.3, -0.25) is 0 Å². The van der Waals surface area contributed by atoms with Crippen LogP contribution < -0.4 is 0 Å². The topological polar surface area (TPSA) is 26.3 Å². The lowest BCUT2D eigenvalue weighted by atomic mass is 9.97. The third-order valence-electron chi connectivity index (χ3n) is 3.58. The van der Waals surface area contributed by atoms with Crippen molar-refractivity contribution in [1.82, 2.24) is 0 Å². The molecule has 0 amide bonds. The molecule has 0 atom stereocenters. The van der Waals surface area contributed by atoms with Crippen molar-refractivity contribution in [2.24, 2.45) is 0 Å².